The summed E-state index contributed by atoms with van der Waals surface area (Å²) >= 11 is 5.80. The fourth-order valence-corrected chi connectivity index (χ4v) is 2.19. The van der Waals surface area contributed by atoms with Crippen molar-refractivity contribution in [2.45, 2.75) is 0 Å². The van der Waals surface area contributed by atoms with Gasteiger partial charge in [0.15, 0.2) is 0 Å². The lowest BCUT2D eigenvalue weighted by Gasteiger charge is -2.10. The Hall–Kier alpha value is -2.73. The van der Waals surface area contributed by atoms with E-state index in [-0.39, 0.29) is 6.03 Å². The van der Waals surface area contributed by atoms with E-state index in [1.54, 1.807) is 35.3 Å². The fraction of sp³-hybridized carbons (Fsp3) is 0.125. The van der Waals surface area contributed by atoms with Crippen LogP contribution in [0, 0.1) is 0 Å². The average Bonchev–Trinajstić information content (AvgIpc) is 2.96. The molecule has 0 spiro atoms. The van der Waals surface area contributed by atoms with Gasteiger partial charge in [0.25, 0.3) is 0 Å². The lowest BCUT2D eigenvalue weighted by molar-refractivity contribution is 0.245. The fourth-order valence-electron chi connectivity index (χ4n) is 2.06. The zero-order valence-corrected chi connectivity index (χ0v) is 13.0. The molecule has 118 valence electrons. The first-order chi connectivity index (χ1) is 11.2. The SMILES string of the molecule is O=C(NCCOc1ccc(Cl)cc1)Nn1cnc2ccccc21. The second-order valence-corrected chi connectivity index (χ2v) is 5.21. The lowest BCUT2D eigenvalue weighted by Crippen LogP contribution is -2.36. The van der Waals surface area contributed by atoms with Gasteiger partial charge in [-0.1, -0.05) is 23.7 Å². The molecule has 23 heavy (non-hydrogen) atoms. The Kier molecular flexibility index (Phi) is 4.63. The summed E-state index contributed by atoms with van der Waals surface area (Å²) in [7, 11) is 0. The van der Waals surface area contributed by atoms with Crippen molar-refractivity contribution in [3.8, 4) is 5.75 Å². The van der Waals surface area contributed by atoms with E-state index in [0.29, 0.717) is 23.9 Å². The number of hydrogen-bond acceptors (Lipinski definition) is 3. The van der Waals surface area contributed by atoms with Crippen LogP contribution in [0.4, 0.5) is 4.79 Å². The Morgan fingerprint density at radius 2 is 1.96 bits per heavy atom. The summed E-state index contributed by atoms with van der Waals surface area (Å²) in [6.45, 7) is 0.737. The van der Waals surface area contributed by atoms with E-state index in [1.807, 2.05) is 24.3 Å². The molecule has 2 aromatic carbocycles. The van der Waals surface area contributed by atoms with Crippen molar-refractivity contribution in [2.24, 2.45) is 0 Å². The van der Waals surface area contributed by atoms with Crippen LogP contribution in [-0.2, 0) is 0 Å². The average molecular weight is 331 g/mol. The first-order valence-corrected chi connectivity index (χ1v) is 7.45. The zero-order valence-electron chi connectivity index (χ0n) is 12.2. The van der Waals surface area contributed by atoms with Crippen LogP contribution < -0.4 is 15.5 Å². The molecule has 0 aliphatic heterocycles. The molecular weight excluding hydrogens is 316 g/mol. The molecule has 3 aromatic rings. The van der Waals surface area contributed by atoms with Crippen LogP contribution in [0.1, 0.15) is 0 Å². The molecule has 0 unspecified atom stereocenters. The Morgan fingerprint density at radius 3 is 2.78 bits per heavy atom. The minimum atomic E-state index is -0.326. The lowest BCUT2D eigenvalue weighted by atomic mass is 10.3. The highest BCUT2D eigenvalue weighted by atomic mass is 35.5. The molecule has 3 rings (SSSR count). The summed E-state index contributed by atoms with van der Waals surface area (Å²) in [5.74, 6) is 0.706. The van der Waals surface area contributed by atoms with Crippen LogP contribution in [0.5, 0.6) is 5.75 Å². The van der Waals surface area contributed by atoms with Gasteiger partial charge >= 0.3 is 6.03 Å². The predicted octanol–water partition coefficient (Wildman–Crippen LogP) is 3.02. The first kappa shape index (κ1) is 15.2. The van der Waals surface area contributed by atoms with E-state index in [2.05, 4.69) is 15.7 Å². The summed E-state index contributed by atoms with van der Waals surface area (Å²) in [4.78, 5) is 16.1. The van der Waals surface area contributed by atoms with Crippen molar-refractivity contribution in [3.05, 3.63) is 59.9 Å². The maximum Gasteiger partial charge on any atom is 0.334 e. The Morgan fingerprint density at radius 1 is 1.17 bits per heavy atom. The molecule has 6 nitrogen and oxygen atoms in total. The molecule has 2 N–H and O–H groups in total. The number of aromatic nitrogens is 2. The Labute approximate surface area is 138 Å². The quantitative estimate of drug-likeness (QED) is 0.707. The number of rotatable bonds is 5. The monoisotopic (exact) mass is 330 g/mol. The summed E-state index contributed by atoms with van der Waals surface area (Å²) in [5.41, 5.74) is 4.35. The van der Waals surface area contributed by atoms with Gasteiger partial charge in [0.1, 0.15) is 18.7 Å². The third-order valence-corrected chi connectivity index (χ3v) is 3.40. The van der Waals surface area contributed by atoms with Crippen molar-refractivity contribution in [3.63, 3.8) is 0 Å². The molecule has 2 amide bonds. The maximum atomic E-state index is 11.9. The van der Waals surface area contributed by atoms with Gasteiger partial charge in [0.2, 0.25) is 0 Å². The third kappa shape index (κ3) is 3.92. The minimum absolute atomic E-state index is 0.326. The topological polar surface area (TPSA) is 68.2 Å². The number of para-hydroxylation sites is 2. The minimum Gasteiger partial charge on any atom is -0.492 e. The first-order valence-electron chi connectivity index (χ1n) is 7.08. The number of halogens is 1. The number of amides is 2. The van der Waals surface area contributed by atoms with E-state index in [1.165, 1.54) is 0 Å². The molecule has 0 bridgehead atoms. The van der Waals surface area contributed by atoms with Crippen molar-refractivity contribution in [1.29, 1.82) is 0 Å². The number of imidazole rings is 1. The summed E-state index contributed by atoms with van der Waals surface area (Å²) in [6.07, 6.45) is 1.56. The van der Waals surface area contributed by atoms with Crippen LogP contribution in [0.3, 0.4) is 0 Å². The molecule has 1 heterocycles. The summed E-state index contributed by atoms with van der Waals surface area (Å²) in [5, 5.41) is 3.37. The van der Waals surface area contributed by atoms with Gasteiger partial charge in [-0.15, -0.1) is 0 Å². The maximum absolute atomic E-state index is 11.9. The van der Waals surface area contributed by atoms with Crippen molar-refractivity contribution < 1.29 is 9.53 Å². The molecule has 0 aliphatic rings. The molecule has 0 fully saturated rings. The van der Waals surface area contributed by atoms with E-state index >= 15 is 0 Å². The Bertz CT molecular complexity index is 801. The number of ether oxygens (including phenoxy) is 1. The molecular formula is C16H15ClN4O2. The van der Waals surface area contributed by atoms with Crippen LogP contribution >= 0.6 is 11.6 Å². The number of hydrogen-bond donors (Lipinski definition) is 2. The highest BCUT2D eigenvalue weighted by molar-refractivity contribution is 6.30. The molecule has 0 radical (unpaired) electrons. The molecule has 1 aromatic heterocycles. The van der Waals surface area contributed by atoms with Gasteiger partial charge in [-0.05, 0) is 36.4 Å². The number of urea groups is 1. The highest BCUT2D eigenvalue weighted by Crippen LogP contribution is 2.15. The van der Waals surface area contributed by atoms with E-state index in [0.717, 1.165) is 11.0 Å². The van der Waals surface area contributed by atoms with Gasteiger partial charge in [-0.25, -0.2) is 19.9 Å². The van der Waals surface area contributed by atoms with Gasteiger partial charge in [0.05, 0.1) is 17.6 Å². The van der Waals surface area contributed by atoms with Crippen LogP contribution in [-0.4, -0.2) is 28.8 Å². The zero-order chi connectivity index (χ0) is 16.1. The van der Waals surface area contributed by atoms with Gasteiger partial charge in [-0.2, -0.15) is 0 Å². The number of carbonyl (C=O) groups excluding carboxylic acids is 1. The van der Waals surface area contributed by atoms with Crippen molar-refractivity contribution in [1.82, 2.24) is 15.0 Å². The van der Waals surface area contributed by atoms with Crippen molar-refractivity contribution in [2.75, 3.05) is 18.6 Å². The largest absolute Gasteiger partial charge is 0.492 e. The highest BCUT2D eigenvalue weighted by Gasteiger charge is 2.05. The van der Waals surface area contributed by atoms with E-state index < -0.39 is 0 Å². The molecule has 7 heteroatoms. The predicted molar refractivity (Wildman–Crippen MR) is 89.4 cm³/mol. The Balaban J connectivity index is 1.45. The second-order valence-electron chi connectivity index (χ2n) is 4.77. The molecule has 0 saturated carbocycles. The third-order valence-electron chi connectivity index (χ3n) is 3.15. The molecule has 0 saturated heterocycles. The number of benzene rings is 2. The smallest absolute Gasteiger partial charge is 0.334 e. The second kappa shape index (κ2) is 7.02. The van der Waals surface area contributed by atoms with Crippen LogP contribution in [0.15, 0.2) is 54.9 Å². The summed E-state index contributed by atoms with van der Waals surface area (Å²) in [6, 6.07) is 14.3. The van der Waals surface area contributed by atoms with E-state index in [9.17, 15) is 4.79 Å². The number of carbonyl (C=O) groups is 1. The van der Waals surface area contributed by atoms with Crippen LogP contribution in [0.25, 0.3) is 11.0 Å². The van der Waals surface area contributed by atoms with Crippen molar-refractivity contribution >= 4 is 28.7 Å². The summed E-state index contributed by atoms with van der Waals surface area (Å²) < 4.78 is 7.07. The van der Waals surface area contributed by atoms with Gasteiger partial charge in [-0.3, -0.25) is 0 Å². The van der Waals surface area contributed by atoms with Crippen LogP contribution in [0.2, 0.25) is 5.02 Å². The molecule has 0 atom stereocenters. The normalized spacial score (nSPS) is 10.5. The van der Waals surface area contributed by atoms with Gasteiger partial charge in [0, 0.05) is 5.02 Å². The number of fused-ring (bicyclic) bond motifs is 1. The van der Waals surface area contributed by atoms with Gasteiger partial charge < -0.3 is 10.1 Å². The van der Waals surface area contributed by atoms with E-state index in [4.69, 9.17) is 16.3 Å². The number of nitrogens with zero attached hydrogens (tertiary/aromatic N) is 2. The standard InChI is InChI=1S/C16H15ClN4O2/c17-12-5-7-13(8-6-12)23-10-9-18-16(22)20-21-11-19-14-3-1-2-4-15(14)21/h1-8,11H,9-10H2,(H2,18,20,22). The number of nitrogens with one attached hydrogen (secondary N) is 2. The molecule has 0 aliphatic carbocycles.